The van der Waals surface area contributed by atoms with E-state index in [-0.39, 0.29) is 24.8 Å². The van der Waals surface area contributed by atoms with Gasteiger partial charge in [0, 0.05) is 25.6 Å². The van der Waals surface area contributed by atoms with E-state index in [2.05, 4.69) is 10.6 Å². The molecule has 1 saturated heterocycles. The average Bonchev–Trinajstić information content (AvgIpc) is 2.87. The molecule has 1 aromatic carbocycles. The smallest absolute Gasteiger partial charge is 0.262 e. The van der Waals surface area contributed by atoms with E-state index < -0.39 is 23.8 Å². The summed E-state index contributed by atoms with van der Waals surface area (Å²) in [4.78, 5) is 50.0. The summed E-state index contributed by atoms with van der Waals surface area (Å²) in [6, 6.07) is 4.15. The first-order valence-corrected chi connectivity index (χ1v) is 8.73. The lowest BCUT2D eigenvalue weighted by molar-refractivity contribution is -0.136. The van der Waals surface area contributed by atoms with Crippen molar-refractivity contribution in [3.8, 4) is 0 Å². The molecule has 2 aliphatic heterocycles. The first-order valence-electron chi connectivity index (χ1n) is 8.73. The highest BCUT2D eigenvalue weighted by atomic mass is 16.2. The quantitative estimate of drug-likeness (QED) is 0.611. The molecule has 8 nitrogen and oxygen atoms in total. The van der Waals surface area contributed by atoms with Gasteiger partial charge in [0.05, 0.1) is 11.1 Å². The number of hydrogen-bond donors (Lipinski definition) is 3. The minimum absolute atomic E-state index is 0.0177. The van der Waals surface area contributed by atoms with E-state index in [4.69, 9.17) is 5.73 Å². The Hall–Kier alpha value is -2.58. The Morgan fingerprint density at radius 3 is 2.73 bits per heavy atom. The van der Waals surface area contributed by atoms with Gasteiger partial charge in [-0.3, -0.25) is 29.4 Å². The molecule has 2 atom stereocenters. The second-order valence-corrected chi connectivity index (χ2v) is 6.59. The number of nitrogens with zero attached hydrogens (tertiary/aromatic N) is 1. The fourth-order valence-corrected chi connectivity index (χ4v) is 3.27. The van der Waals surface area contributed by atoms with E-state index >= 15 is 0 Å². The predicted molar refractivity (Wildman–Crippen MR) is 93.1 cm³/mol. The largest absolute Gasteiger partial charge is 0.327 e. The van der Waals surface area contributed by atoms with Crippen molar-refractivity contribution in [2.75, 3.05) is 6.54 Å². The van der Waals surface area contributed by atoms with Crippen LogP contribution in [0.25, 0.3) is 0 Å². The van der Waals surface area contributed by atoms with Gasteiger partial charge in [-0.2, -0.15) is 0 Å². The molecule has 26 heavy (non-hydrogen) atoms. The van der Waals surface area contributed by atoms with Gasteiger partial charge in [-0.15, -0.1) is 0 Å². The fraction of sp³-hybridized carbons (Fsp3) is 0.444. The number of fused-ring (bicyclic) bond motifs is 1. The third kappa shape index (κ3) is 3.25. The maximum atomic E-state index is 12.9. The zero-order valence-corrected chi connectivity index (χ0v) is 14.6. The SMILES string of the molecule is CC[C@H](N)CNCc1cccc2c1C(=O)N(C1CCC(=O)NC1=O)C2=O. The monoisotopic (exact) mass is 358 g/mol. The van der Waals surface area contributed by atoms with Crippen molar-refractivity contribution in [3.05, 3.63) is 34.9 Å². The second kappa shape index (κ2) is 7.35. The minimum atomic E-state index is -0.950. The molecule has 3 rings (SSSR count). The zero-order chi connectivity index (χ0) is 18.8. The highest BCUT2D eigenvalue weighted by Crippen LogP contribution is 2.29. The number of benzene rings is 1. The predicted octanol–water partition coefficient (Wildman–Crippen LogP) is -0.0853. The molecule has 0 saturated carbocycles. The van der Waals surface area contributed by atoms with Crippen molar-refractivity contribution in [3.63, 3.8) is 0 Å². The summed E-state index contributed by atoms with van der Waals surface area (Å²) in [6.07, 6.45) is 1.09. The lowest BCUT2D eigenvalue weighted by Crippen LogP contribution is -2.54. The molecule has 8 heteroatoms. The highest BCUT2D eigenvalue weighted by molar-refractivity contribution is 6.24. The van der Waals surface area contributed by atoms with Crippen molar-refractivity contribution in [2.45, 2.75) is 44.8 Å². The van der Waals surface area contributed by atoms with Crippen LogP contribution in [-0.2, 0) is 16.1 Å². The van der Waals surface area contributed by atoms with E-state index in [0.29, 0.717) is 29.8 Å². The van der Waals surface area contributed by atoms with Gasteiger partial charge in [0.1, 0.15) is 6.04 Å². The summed E-state index contributed by atoms with van der Waals surface area (Å²) in [5.74, 6) is -1.98. The molecule has 0 bridgehead atoms. The number of piperidine rings is 1. The lowest BCUT2D eigenvalue weighted by Gasteiger charge is -2.27. The Morgan fingerprint density at radius 1 is 1.27 bits per heavy atom. The molecule has 0 spiro atoms. The molecule has 1 fully saturated rings. The van der Waals surface area contributed by atoms with Crippen LogP contribution in [0.15, 0.2) is 18.2 Å². The first-order chi connectivity index (χ1) is 12.4. The zero-order valence-electron chi connectivity index (χ0n) is 14.6. The van der Waals surface area contributed by atoms with E-state index in [1.54, 1.807) is 18.2 Å². The molecule has 2 heterocycles. The number of carbonyl (C=O) groups is 4. The molecule has 1 unspecified atom stereocenters. The maximum Gasteiger partial charge on any atom is 0.262 e. The summed E-state index contributed by atoms with van der Waals surface area (Å²) < 4.78 is 0. The van der Waals surface area contributed by atoms with E-state index in [1.165, 1.54) is 0 Å². The average molecular weight is 358 g/mol. The molecule has 0 aliphatic carbocycles. The van der Waals surface area contributed by atoms with Crippen molar-refractivity contribution in [2.24, 2.45) is 5.73 Å². The Kier molecular flexibility index (Phi) is 5.15. The maximum absolute atomic E-state index is 12.9. The Morgan fingerprint density at radius 2 is 2.04 bits per heavy atom. The van der Waals surface area contributed by atoms with Gasteiger partial charge in [-0.05, 0) is 24.5 Å². The van der Waals surface area contributed by atoms with Gasteiger partial charge in [0.2, 0.25) is 11.8 Å². The van der Waals surface area contributed by atoms with Crippen molar-refractivity contribution >= 4 is 23.6 Å². The number of rotatable bonds is 6. The van der Waals surface area contributed by atoms with Crippen LogP contribution in [-0.4, -0.2) is 47.2 Å². The van der Waals surface area contributed by atoms with E-state index in [1.807, 2.05) is 6.92 Å². The van der Waals surface area contributed by atoms with Crippen LogP contribution in [0.3, 0.4) is 0 Å². The first kappa shape index (κ1) is 18.2. The molecule has 4 N–H and O–H groups in total. The van der Waals surface area contributed by atoms with Crippen LogP contribution >= 0.6 is 0 Å². The summed E-state index contributed by atoms with van der Waals surface area (Å²) in [5, 5.41) is 5.39. The fourth-order valence-electron chi connectivity index (χ4n) is 3.27. The van der Waals surface area contributed by atoms with Gasteiger partial charge in [0.25, 0.3) is 11.8 Å². The van der Waals surface area contributed by atoms with Gasteiger partial charge < -0.3 is 11.1 Å². The molecule has 1 aromatic rings. The summed E-state index contributed by atoms with van der Waals surface area (Å²) >= 11 is 0. The normalized spacial score (nSPS) is 21.0. The van der Waals surface area contributed by atoms with Gasteiger partial charge in [-0.1, -0.05) is 19.1 Å². The third-order valence-electron chi connectivity index (χ3n) is 4.80. The molecular formula is C18H22N4O4. The lowest BCUT2D eigenvalue weighted by atomic mass is 10.0. The van der Waals surface area contributed by atoms with Crippen molar-refractivity contribution < 1.29 is 19.2 Å². The van der Waals surface area contributed by atoms with E-state index in [0.717, 1.165) is 11.3 Å². The number of carbonyl (C=O) groups excluding carboxylic acids is 4. The summed E-state index contributed by atoms with van der Waals surface area (Å²) in [5.41, 5.74) is 7.18. The number of nitrogens with one attached hydrogen (secondary N) is 2. The molecule has 0 aromatic heterocycles. The number of nitrogens with two attached hydrogens (primary N) is 1. The van der Waals surface area contributed by atoms with Crippen LogP contribution in [0.4, 0.5) is 0 Å². The van der Waals surface area contributed by atoms with Crippen LogP contribution in [0.2, 0.25) is 0 Å². The summed E-state index contributed by atoms with van der Waals surface area (Å²) in [7, 11) is 0. The molecule has 138 valence electrons. The highest BCUT2D eigenvalue weighted by Gasteiger charge is 2.45. The molecule has 4 amide bonds. The number of amides is 4. The molecule has 2 aliphatic rings. The summed E-state index contributed by atoms with van der Waals surface area (Å²) in [6.45, 7) is 2.99. The Balaban J connectivity index is 1.82. The standard InChI is InChI=1S/C18H22N4O4/c1-2-11(19)9-20-8-10-4-3-5-12-15(10)18(26)22(17(12)25)13-6-7-14(23)21-16(13)24/h3-5,11,13,20H,2,6-9,19H2,1H3,(H,21,23,24)/t11-,13?/m0/s1. The Bertz CT molecular complexity index is 776. The van der Waals surface area contributed by atoms with Crippen molar-refractivity contribution in [1.29, 1.82) is 0 Å². The second-order valence-electron chi connectivity index (χ2n) is 6.59. The van der Waals surface area contributed by atoms with Crippen molar-refractivity contribution in [1.82, 2.24) is 15.5 Å². The van der Waals surface area contributed by atoms with Crippen LogP contribution in [0.1, 0.15) is 52.5 Å². The molecule has 0 radical (unpaired) electrons. The molecular weight excluding hydrogens is 336 g/mol. The number of hydrogen-bond acceptors (Lipinski definition) is 6. The van der Waals surface area contributed by atoms with Gasteiger partial charge in [0.15, 0.2) is 0 Å². The topological polar surface area (TPSA) is 122 Å². The number of imide groups is 2. The van der Waals surface area contributed by atoms with E-state index in [9.17, 15) is 19.2 Å². The van der Waals surface area contributed by atoms with Gasteiger partial charge in [-0.25, -0.2) is 0 Å². The minimum Gasteiger partial charge on any atom is -0.327 e. The van der Waals surface area contributed by atoms with Crippen LogP contribution in [0, 0.1) is 0 Å². The third-order valence-corrected chi connectivity index (χ3v) is 4.80. The van der Waals surface area contributed by atoms with Gasteiger partial charge >= 0.3 is 0 Å². The van der Waals surface area contributed by atoms with Crippen LogP contribution < -0.4 is 16.4 Å². The van der Waals surface area contributed by atoms with Crippen LogP contribution in [0.5, 0.6) is 0 Å². The Labute approximate surface area is 151 Å².